The van der Waals surface area contributed by atoms with Gasteiger partial charge >= 0.3 is 0 Å². The number of amides is 1. The first-order chi connectivity index (χ1) is 9.15. The summed E-state index contributed by atoms with van der Waals surface area (Å²) in [5, 5.41) is 10.6. The van der Waals surface area contributed by atoms with E-state index in [-0.39, 0.29) is 12.0 Å². The van der Waals surface area contributed by atoms with Crippen LogP contribution in [0.5, 0.6) is 0 Å². The molecule has 1 atom stereocenters. The minimum absolute atomic E-state index is 0.0963. The molecule has 1 aliphatic rings. The summed E-state index contributed by atoms with van der Waals surface area (Å²) in [7, 11) is 0. The number of fused-ring (bicyclic) bond motifs is 1. The van der Waals surface area contributed by atoms with E-state index in [4.69, 9.17) is 0 Å². The Labute approximate surface area is 112 Å². The van der Waals surface area contributed by atoms with Gasteiger partial charge in [-0.3, -0.25) is 4.79 Å². The van der Waals surface area contributed by atoms with Gasteiger partial charge in [-0.25, -0.2) is 0 Å². The number of β-amino-alcohol motifs (C(OH)–C–C–N with tert-alkyl or cyclic N) is 1. The van der Waals surface area contributed by atoms with E-state index in [1.807, 2.05) is 18.3 Å². The summed E-state index contributed by atoms with van der Waals surface area (Å²) in [5.41, 5.74) is 3.32. The van der Waals surface area contributed by atoms with Crippen LogP contribution in [0.3, 0.4) is 0 Å². The Hall–Kier alpha value is -1.81. The smallest absolute Gasteiger partial charge is 0.227 e. The van der Waals surface area contributed by atoms with Gasteiger partial charge in [-0.15, -0.1) is 0 Å². The molecule has 2 heterocycles. The van der Waals surface area contributed by atoms with Gasteiger partial charge in [-0.2, -0.15) is 0 Å². The molecule has 4 nitrogen and oxygen atoms in total. The van der Waals surface area contributed by atoms with Crippen LogP contribution in [0.25, 0.3) is 10.9 Å². The first-order valence-electron chi connectivity index (χ1n) is 6.66. The number of benzene rings is 1. The molecule has 2 aromatic rings. The van der Waals surface area contributed by atoms with Crippen LogP contribution in [0.4, 0.5) is 0 Å². The van der Waals surface area contributed by atoms with Gasteiger partial charge in [0.2, 0.25) is 5.91 Å². The number of carbonyl (C=O) groups is 1. The zero-order valence-corrected chi connectivity index (χ0v) is 11.0. The van der Waals surface area contributed by atoms with E-state index in [1.165, 1.54) is 5.56 Å². The Morgan fingerprint density at radius 3 is 3.11 bits per heavy atom. The third kappa shape index (κ3) is 2.24. The van der Waals surface area contributed by atoms with Crippen LogP contribution in [0.2, 0.25) is 0 Å². The molecule has 1 fully saturated rings. The Morgan fingerprint density at radius 2 is 2.37 bits per heavy atom. The molecule has 1 aromatic heterocycles. The van der Waals surface area contributed by atoms with Crippen LogP contribution < -0.4 is 0 Å². The molecule has 0 unspecified atom stereocenters. The molecule has 0 saturated carbocycles. The standard InChI is InChI=1S/C15H18N2O2/c1-10-3-2-4-13-11(8-16-15(10)13)7-14(19)17-6-5-12(18)9-17/h2-4,8,12,16,18H,5-7,9H2,1H3/t12-/m1/s1. The zero-order valence-electron chi connectivity index (χ0n) is 11.0. The lowest BCUT2D eigenvalue weighted by molar-refractivity contribution is -0.129. The van der Waals surface area contributed by atoms with Gasteiger partial charge in [-0.1, -0.05) is 18.2 Å². The van der Waals surface area contributed by atoms with E-state index in [2.05, 4.69) is 18.0 Å². The number of H-pyrrole nitrogens is 1. The van der Waals surface area contributed by atoms with E-state index in [0.717, 1.165) is 16.5 Å². The number of aromatic nitrogens is 1. The van der Waals surface area contributed by atoms with E-state index >= 15 is 0 Å². The second-order valence-corrected chi connectivity index (χ2v) is 5.27. The van der Waals surface area contributed by atoms with Crippen molar-refractivity contribution in [3.8, 4) is 0 Å². The molecule has 3 rings (SSSR count). The van der Waals surface area contributed by atoms with Gasteiger partial charge in [-0.05, 0) is 24.5 Å². The number of aromatic amines is 1. The van der Waals surface area contributed by atoms with Crippen molar-refractivity contribution in [3.05, 3.63) is 35.5 Å². The average Bonchev–Trinajstić information content (AvgIpc) is 2.98. The summed E-state index contributed by atoms with van der Waals surface area (Å²) in [5.74, 6) is 0.0963. The predicted octanol–water partition coefficient (Wildman–Crippen LogP) is 1.61. The lowest BCUT2D eigenvalue weighted by atomic mass is 10.1. The molecule has 0 bridgehead atoms. The van der Waals surface area contributed by atoms with Crippen molar-refractivity contribution in [2.45, 2.75) is 25.9 Å². The highest BCUT2D eigenvalue weighted by molar-refractivity contribution is 5.90. The maximum atomic E-state index is 12.2. The van der Waals surface area contributed by atoms with Crippen LogP contribution in [-0.2, 0) is 11.2 Å². The molecule has 1 amide bonds. The van der Waals surface area contributed by atoms with Gasteiger partial charge in [0.1, 0.15) is 0 Å². The second-order valence-electron chi connectivity index (χ2n) is 5.27. The van der Waals surface area contributed by atoms with Crippen LogP contribution >= 0.6 is 0 Å². The number of hydrogen-bond donors (Lipinski definition) is 2. The van der Waals surface area contributed by atoms with Crippen molar-refractivity contribution in [3.63, 3.8) is 0 Å². The number of aliphatic hydroxyl groups excluding tert-OH is 1. The lowest BCUT2D eigenvalue weighted by Gasteiger charge is -2.15. The summed E-state index contributed by atoms with van der Waals surface area (Å²) in [6.07, 6.45) is 2.66. The van der Waals surface area contributed by atoms with Crippen LogP contribution in [0, 0.1) is 6.92 Å². The van der Waals surface area contributed by atoms with Crippen LogP contribution in [0.1, 0.15) is 17.5 Å². The summed E-state index contributed by atoms with van der Waals surface area (Å²) in [6.45, 7) is 3.20. The molecule has 4 heteroatoms. The number of aryl methyl sites for hydroxylation is 1. The van der Waals surface area contributed by atoms with Crippen LogP contribution in [0.15, 0.2) is 24.4 Å². The number of rotatable bonds is 2. The van der Waals surface area contributed by atoms with E-state index < -0.39 is 0 Å². The fraction of sp³-hybridized carbons (Fsp3) is 0.400. The Morgan fingerprint density at radius 1 is 1.53 bits per heavy atom. The van der Waals surface area contributed by atoms with E-state index in [0.29, 0.717) is 25.9 Å². The Kier molecular flexibility index (Phi) is 3.03. The van der Waals surface area contributed by atoms with Crippen molar-refractivity contribution >= 4 is 16.8 Å². The number of hydrogen-bond acceptors (Lipinski definition) is 2. The summed E-state index contributed by atoms with van der Waals surface area (Å²) in [6, 6.07) is 6.11. The average molecular weight is 258 g/mol. The number of aliphatic hydroxyl groups is 1. The lowest BCUT2D eigenvalue weighted by Crippen LogP contribution is -2.30. The number of likely N-dealkylation sites (tertiary alicyclic amines) is 1. The van der Waals surface area contributed by atoms with E-state index in [1.54, 1.807) is 4.90 Å². The molecule has 19 heavy (non-hydrogen) atoms. The third-order valence-electron chi connectivity index (χ3n) is 3.87. The quantitative estimate of drug-likeness (QED) is 0.860. The van der Waals surface area contributed by atoms with E-state index in [9.17, 15) is 9.90 Å². The first-order valence-corrected chi connectivity index (χ1v) is 6.66. The second kappa shape index (κ2) is 4.70. The molecule has 1 saturated heterocycles. The van der Waals surface area contributed by atoms with Gasteiger partial charge in [0.25, 0.3) is 0 Å². The molecule has 2 N–H and O–H groups in total. The SMILES string of the molecule is Cc1cccc2c(CC(=O)N3CC[C@@H](O)C3)c[nH]c12. The third-order valence-corrected chi connectivity index (χ3v) is 3.87. The minimum Gasteiger partial charge on any atom is -0.391 e. The highest BCUT2D eigenvalue weighted by atomic mass is 16.3. The normalized spacial score (nSPS) is 19.3. The van der Waals surface area contributed by atoms with Gasteiger partial charge in [0.05, 0.1) is 12.5 Å². The molecule has 1 aromatic carbocycles. The van der Waals surface area contributed by atoms with Gasteiger partial charge in [0.15, 0.2) is 0 Å². The molecular weight excluding hydrogens is 240 g/mol. The fourth-order valence-corrected chi connectivity index (χ4v) is 2.75. The molecule has 0 aliphatic carbocycles. The largest absolute Gasteiger partial charge is 0.391 e. The number of nitrogens with one attached hydrogen (secondary N) is 1. The Balaban J connectivity index is 1.82. The van der Waals surface area contributed by atoms with Gasteiger partial charge in [0, 0.05) is 30.2 Å². The Bertz CT molecular complexity index is 618. The van der Waals surface area contributed by atoms with Crippen molar-refractivity contribution < 1.29 is 9.90 Å². The monoisotopic (exact) mass is 258 g/mol. The molecule has 100 valence electrons. The zero-order chi connectivity index (χ0) is 13.4. The topological polar surface area (TPSA) is 56.3 Å². The highest BCUT2D eigenvalue weighted by Gasteiger charge is 2.24. The predicted molar refractivity (Wildman–Crippen MR) is 73.9 cm³/mol. The maximum Gasteiger partial charge on any atom is 0.227 e. The summed E-state index contributed by atoms with van der Waals surface area (Å²) >= 11 is 0. The molecule has 1 aliphatic heterocycles. The number of carbonyl (C=O) groups excluding carboxylic acids is 1. The molecular formula is C15H18N2O2. The molecule has 0 radical (unpaired) electrons. The molecule has 0 spiro atoms. The van der Waals surface area contributed by atoms with Gasteiger partial charge < -0.3 is 15.0 Å². The number of para-hydroxylation sites is 1. The van der Waals surface area contributed by atoms with Crippen LogP contribution in [-0.4, -0.2) is 40.1 Å². The van der Waals surface area contributed by atoms with Crippen molar-refractivity contribution in [1.82, 2.24) is 9.88 Å². The summed E-state index contributed by atoms with van der Waals surface area (Å²) < 4.78 is 0. The summed E-state index contributed by atoms with van der Waals surface area (Å²) in [4.78, 5) is 17.2. The first kappa shape index (κ1) is 12.2. The fourth-order valence-electron chi connectivity index (χ4n) is 2.75. The highest BCUT2D eigenvalue weighted by Crippen LogP contribution is 2.22. The number of nitrogens with zero attached hydrogens (tertiary/aromatic N) is 1. The maximum absolute atomic E-state index is 12.2. The minimum atomic E-state index is -0.353. The van der Waals surface area contributed by atoms with Crippen molar-refractivity contribution in [2.75, 3.05) is 13.1 Å². The van der Waals surface area contributed by atoms with Crippen molar-refractivity contribution in [1.29, 1.82) is 0 Å². The van der Waals surface area contributed by atoms with Crippen molar-refractivity contribution in [2.24, 2.45) is 0 Å².